The molecule has 1 aliphatic carbocycles. The fourth-order valence-corrected chi connectivity index (χ4v) is 1.03. The average molecular weight is 140 g/mol. The summed E-state index contributed by atoms with van der Waals surface area (Å²) in [5.41, 5.74) is 0. The molecule has 2 N–H and O–H groups in total. The molecule has 10 heavy (non-hydrogen) atoms. The van der Waals surface area contributed by atoms with Gasteiger partial charge in [-0.2, -0.15) is 0 Å². The van der Waals surface area contributed by atoms with E-state index in [9.17, 15) is 0 Å². The quantitative estimate of drug-likeness (QED) is 0.586. The number of hydrogen-bond donors (Lipinski definition) is 2. The van der Waals surface area contributed by atoms with E-state index in [0.717, 1.165) is 12.8 Å². The van der Waals surface area contributed by atoms with Gasteiger partial charge in [0, 0.05) is 0 Å². The van der Waals surface area contributed by atoms with E-state index in [1.807, 2.05) is 0 Å². The van der Waals surface area contributed by atoms with Gasteiger partial charge in [0.25, 0.3) is 0 Å². The van der Waals surface area contributed by atoms with E-state index in [1.54, 1.807) is 12.2 Å². The maximum atomic E-state index is 9.02. The normalized spacial score (nSPS) is 25.5. The number of aliphatic hydroxyl groups excluding tert-OH is 2. The van der Waals surface area contributed by atoms with Gasteiger partial charge >= 0.3 is 0 Å². The number of aliphatic hydroxyl groups is 2. The molecule has 0 spiro atoms. The Kier molecular flexibility index (Phi) is 2.00. The molecule has 0 heterocycles. The molecule has 0 bridgehead atoms. The summed E-state index contributed by atoms with van der Waals surface area (Å²) in [5, 5.41) is 18.0. The summed E-state index contributed by atoms with van der Waals surface area (Å²) in [4.78, 5) is 0. The van der Waals surface area contributed by atoms with Crippen LogP contribution in [0.25, 0.3) is 0 Å². The first-order chi connectivity index (χ1) is 4.74. The summed E-state index contributed by atoms with van der Waals surface area (Å²) < 4.78 is 0. The maximum Gasteiger partial charge on any atom is 0.153 e. The lowest BCUT2D eigenvalue weighted by molar-refractivity contribution is 0.311. The first kappa shape index (κ1) is 7.19. The molecule has 0 saturated carbocycles. The highest BCUT2D eigenvalue weighted by atomic mass is 16.3. The highest BCUT2D eigenvalue weighted by Gasteiger charge is 2.11. The third-order valence-electron chi connectivity index (χ3n) is 1.79. The monoisotopic (exact) mass is 140 g/mol. The van der Waals surface area contributed by atoms with Gasteiger partial charge < -0.3 is 10.2 Å². The summed E-state index contributed by atoms with van der Waals surface area (Å²) in [5.74, 6) is 0.443. The molecule has 0 aromatic carbocycles. The molecule has 0 fully saturated rings. The van der Waals surface area contributed by atoms with Crippen LogP contribution < -0.4 is 0 Å². The van der Waals surface area contributed by atoms with Gasteiger partial charge in [0.15, 0.2) is 11.5 Å². The first-order valence-electron chi connectivity index (χ1n) is 3.54. The number of allylic oxidation sites excluding steroid dienone is 2. The van der Waals surface area contributed by atoms with Crippen LogP contribution in [0, 0.1) is 5.92 Å². The second kappa shape index (κ2) is 2.78. The SMILES string of the molecule is CCC1C=C(O)C(O)=CC1. The van der Waals surface area contributed by atoms with Crippen LogP contribution in [-0.2, 0) is 0 Å². The van der Waals surface area contributed by atoms with E-state index in [1.165, 1.54) is 0 Å². The smallest absolute Gasteiger partial charge is 0.153 e. The highest BCUT2D eigenvalue weighted by molar-refractivity contribution is 5.22. The van der Waals surface area contributed by atoms with Crippen LogP contribution in [0.2, 0.25) is 0 Å². The Bertz CT molecular complexity index is 180. The Morgan fingerprint density at radius 2 is 2.20 bits per heavy atom. The van der Waals surface area contributed by atoms with Crippen LogP contribution in [0.15, 0.2) is 23.7 Å². The fraction of sp³-hybridized carbons (Fsp3) is 0.500. The molecule has 0 aliphatic heterocycles. The lowest BCUT2D eigenvalue weighted by Crippen LogP contribution is -2.02. The topological polar surface area (TPSA) is 40.5 Å². The minimum absolute atomic E-state index is 0.0182. The van der Waals surface area contributed by atoms with Gasteiger partial charge in [-0.15, -0.1) is 0 Å². The van der Waals surface area contributed by atoms with Crippen molar-refractivity contribution in [1.29, 1.82) is 0 Å². The molecule has 0 amide bonds. The van der Waals surface area contributed by atoms with Gasteiger partial charge in [-0.1, -0.05) is 6.92 Å². The van der Waals surface area contributed by atoms with Crippen LogP contribution in [0.1, 0.15) is 19.8 Å². The van der Waals surface area contributed by atoms with Crippen molar-refractivity contribution < 1.29 is 10.2 Å². The Labute approximate surface area is 60.5 Å². The maximum absolute atomic E-state index is 9.02. The molecule has 0 aromatic rings. The molecule has 0 radical (unpaired) electrons. The van der Waals surface area contributed by atoms with Crippen molar-refractivity contribution in [2.75, 3.05) is 0 Å². The van der Waals surface area contributed by atoms with Gasteiger partial charge in [0.1, 0.15) is 0 Å². The molecule has 2 nitrogen and oxygen atoms in total. The van der Waals surface area contributed by atoms with Crippen LogP contribution in [0.3, 0.4) is 0 Å². The van der Waals surface area contributed by atoms with Crippen molar-refractivity contribution in [2.45, 2.75) is 19.8 Å². The molecule has 1 atom stereocenters. The summed E-state index contributed by atoms with van der Waals surface area (Å²) in [6.07, 6.45) is 5.21. The van der Waals surface area contributed by atoms with Crippen molar-refractivity contribution in [2.24, 2.45) is 5.92 Å². The van der Waals surface area contributed by atoms with E-state index in [2.05, 4.69) is 6.92 Å². The predicted molar refractivity (Wildman–Crippen MR) is 39.8 cm³/mol. The van der Waals surface area contributed by atoms with E-state index in [0.29, 0.717) is 5.92 Å². The largest absolute Gasteiger partial charge is 0.504 e. The first-order valence-corrected chi connectivity index (χ1v) is 3.54. The van der Waals surface area contributed by atoms with Crippen LogP contribution in [0.5, 0.6) is 0 Å². The van der Waals surface area contributed by atoms with Crippen molar-refractivity contribution >= 4 is 0 Å². The Morgan fingerprint density at radius 1 is 1.50 bits per heavy atom. The molecular weight excluding hydrogens is 128 g/mol. The third-order valence-corrected chi connectivity index (χ3v) is 1.79. The highest BCUT2D eigenvalue weighted by Crippen LogP contribution is 2.21. The van der Waals surface area contributed by atoms with E-state index < -0.39 is 0 Å². The zero-order valence-corrected chi connectivity index (χ0v) is 6.04. The standard InChI is InChI=1S/C8H12O2/c1-2-6-3-4-7(9)8(10)5-6/h4-6,9-10H,2-3H2,1H3. The third kappa shape index (κ3) is 1.32. The van der Waals surface area contributed by atoms with Crippen molar-refractivity contribution in [3.63, 3.8) is 0 Å². The van der Waals surface area contributed by atoms with Crippen LogP contribution in [-0.4, -0.2) is 10.2 Å². The molecule has 56 valence electrons. The Balaban J connectivity index is 2.66. The minimum atomic E-state index is 0.0182. The van der Waals surface area contributed by atoms with Crippen molar-refractivity contribution in [3.05, 3.63) is 23.7 Å². The van der Waals surface area contributed by atoms with Gasteiger partial charge in [-0.25, -0.2) is 0 Å². The van der Waals surface area contributed by atoms with E-state index >= 15 is 0 Å². The average Bonchev–Trinajstić information content (AvgIpc) is 1.95. The minimum Gasteiger partial charge on any atom is -0.504 e. The lowest BCUT2D eigenvalue weighted by Gasteiger charge is -2.12. The lowest BCUT2D eigenvalue weighted by atomic mass is 9.97. The number of rotatable bonds is 1. The summed E-state index contributed by atoms with van der Waals surface area (Å²) in [7, 11) is 0. The predicted octanol–water partition coefficient (Wildman–Crippen LogP) is 2.30. The van der Waals surface area contributed by atoms with Crippen molar-refractivity contribution in [1.82, 2.24) is 0 Å². The molecule has 0 saturated heterocycles. The molecule has 1 unspecified atom stereocenters. The Morgan fingerprint density at radius 3 is 2.70 bits per heavy atom. The summed E-state index contributed by atoms with van der Waals surface area (Å²) >= 11 is 0. The van der Waals surface area contributed by atoms with Gasteiger partial charge in [0.2, 0.25) is 0 Å². The van der Waals surface area contributed by atoms with Crippen LogP contribution in [0.4, 0.5) is 0 Å². The second-order valence-electron chi connectivity index (χ2n) is 2.55. The second-order valence-corrected chi connectivity index (χ2v) is 2.55. The number of hydrogen-bond acceptors (Lipinski definition) is 2. The van der Waals surface area contributed by atoms with Gasteiger partial charge in [-0.05, 0) is 30.9 Å². The zero-order chi connectivity index (χ0) is 7.56. The summed E-state index contributed by atoms with van der Waals surface area (Å²) in [6.45, 7) is 2.06. The molecular formula is C8H12O2. The van der Waals surface area contributed by atoms with Gasteiger partial charge in [-0.3, -0.25) is 0 Å². The summed E-state index contributed by atoms with van der Waals surface area (Å²) in [6, 6.07) is 0. The van der Waals surface area contributed by atoms with Gasteiger partial charge in [0.05, 0.1) is 0 Å². The van der Waals surface area contributed by atoms with E-state index in [4.69, 9.17) is 10.2 Å². The fourth-order valence-electron chi connectivity index (χ4n) is 1.03. The molecule has 1 aliphatic rings. The molecule has 0 aromatic heterocycles. The Hall–Kier alpha value is -0.920. The van der Waals surface area contributed by atoms with E-state index in [-0.39, 0.29) is 11.5 Å². The zero-order valence-electron chi connectivity index (χ0n) is 6.04. The molecule has 2 heteroatoms. The van der Waals surface area contributed by atoms with Crippen LogP contribution >= 0.6 is 0 Å². The molecule has 1 rings (SSSR count). The van der Waals surface area contributed by atoms with Crippen molar-refractivity contribution in [3.8, 4) is 0 Å².